The molecular weight excluding hydrogens is 248 g/mol. The fraction of sp³-hybridized carbons (Fsp3) is 0.941. The minimum atomic E-state index is 0.0204. The summed E-state index contributed by atoms with van der Waals surface area (Å²) >= 11 is 0. The summed E-state index contributed by atoms with van der Waals surface area (Å²) in [6.45, 7) is 8.11. The summed E-state index contributed by atoms with van der Waals surface area (Å²) in [6.07, 6.45) is 10.8. The highest BCUT2D eigenvalue weighted by atomic mass is 16.7. The molecule has 0 N–H and O–H groups in total. The van der Waals surface area contributed by atoms with Gasteiger partial charge < -0.3 is 4.84 Å². The van der Waals surface area contributed by atoms with Gasteiger partial charge in [0.15, 0.2) is 5.60 Å². The van der Waals surface area contributed by atoms with Crippen molar-refractivity contribution in [3.63, 3.8) is 0 Å². The monoisotopic (exact) mass is 278 g/mol. The van der Waals surface area contributed by atoms with Crippen LogP contribution in [0.1, 0.15) is 65.2 Å². The average Bonchev–Trinajstić information content (AvgIpc) is 2.84. The largest absolute Gasteiger partial charge is 0.387 e. The van der Waals surface area contributed by atoms with Crippen LogP contribution < -0.4 is 0 Å². The van der Waals surface area contributed by atoms with Crippen molar-refractivity contribution in [3.05, 3.63) is 0 Å². The zero-order chi connectivity index (χ0) is 14.0. The van der Waals surface area contributed by atoms with Crippen LogP contribution >= 0.6 is 0 Å². The summed E-state index contributed by atoms with van der Waals surface area (Å²) in [5.74, 6) is 1.47. The quantitative estimate of drug-likeness (QED) is 0.783. The van der Waals surface area contributed by atoms with Crippen LogP contribution in [0, 0.1) is 11.8 Å². The minimum Gasteiger partial charge on any atom is -0.387 e. The van der Waals surface area contributed by atoms with Crippen LogP contribution in [0.2, 0.25) is 0 Å². The maximum absolute atomic E-state index is 5.92. The molecule has 0 aromatic carbocycles. The molecule has 0 bridgehead atoms. The van der Waals surface area contributed by atoms with Crippen LogP contribution in [0.5, 0.6) is 0 Å². The Morgan fingerprint density at radius 3 is 2.75 bits per heavy atom. The van der Waals surface area contributed by atoms with Crippen molar-refractivity contribution >= 4 is 5.71 Å². The van der Waals surface area contributed by atoms with E-state index in [9.17, 15) is 0 Å². The van der Waals surface area contributed by atoms with Gasteiger partial charge in [0, 0.05) is 19.5 Å². The summed E-state index contributed by atoms with van der Waals surface area (Å²) in [5.41, 5.74) is 1.29. The molecule has 2 fully saturated rings. The Balaban J connectivity index is 1.54. The molecular formula is C17H30N2O. The fourth-order valence-corrected chi connectivity index (χ4v) is 4.16. The number of hydrogen-bond donors (Lipinski definition) is 0. The smallest absolute Gasteiger partial charge is 0.155 e. The van der Waals surface area contributed by atoms with Gasteiger partial charge in [-0.3, -0.25) is 4.90 Å². The molecule has 0 aromatic heterocycles. The lowest BCUT2D eigenvalue weighted by Crippen LogP contribution is -2.49. The molecule has 3 heteroatoms. The molecule has 1 saturated heterocycles. The van der Waals surface area contributed by atoms with Crippen molar-refractivity contribution in [2.75, 3.05) is 19.6 Å². The molecule has 114 valence electrons. The van der Waals surface area contributed by atoms with Crippen molar-refractivity contribution in [2.45, 2.75) is 70.8 Å². The number of rotatable bonds is 3. The van der Waals surface area contributed by atoms with Gasteiger partial charge in [-0.25, -0.2) is 0 Å². The summed E-state index contributed by atoms with van der Waals surface area (Å²) in [7, 11) is 0. The van der Waals surface area contributed by atoms with Gasteiger partial charge in [-0.1, -0.05) is 38.3 Å². The van der Waals surface area contributed by atoms with Gasteiger partial charge in [-0.15, -0.1) is 0 Å². The van der Waals surface area contributed by atoms with Crippen molar-refractivity contribution in [3.8, 4) is 0 Å². The Labute approximate surface area is 123 Å². The van der Waals surface area contributed by atoms with E-state index >= 15 is 0 Å². The normalized spacial score (nSPS) is 32.6. The number of nitrogens with zero attached hydrogens (tertiary/aromatic N) is 2. The molecule has 1 saturated carbocycles. The third kappa shape index (κ3) is 3.19. The first-order valence-corrected chi connectivity index (χ1v) is 8.64. The third-order valence-electron chi connectivity index (χ3n) is 5.39. The van der Waals surface area contributed by atoms with Gasteiger partial charge in [0.2, 0.25) is 0 Å². The Hall–Kier alpha value is -0.570. The molecule has 3 aliphatic rings. The molecule has 3 rings (SSSR count). The summed E-state index contributed by atoms with van der Waals surface area (Å²) < 4.78 is 0. The van der Waals surface area contributed by atoms with E-state index < -0.39 is 0 Å². The first kappa shape index (κ1) is 14.4. The number of likely N-dealkylation sites (tertiary alicyclic amines) is 1. The maximum Gasteiger partial charge on any atom is 0.155 e. The molecule has 1 atom stereocenters. The number of oxime groups is 1. The highest BCUT2D eigenvalue weighted by molar-refractivity contribution is 5.87. The maximum atomic E-state index is 5.92. The first-order valence-electron chi connectivity index (χ1n) is 8.64. The predicted molar refractivity (Wildman–Crippen MR) is 83.0 cm³/mol. The van der Waals surface area contributed by atoms with E-state index in [2.05, 4.69) is 23.9 Å². The van der Waals surface area contributed by atoms with E-state index in [4.69, 9.17) is 4.84 Å². The lowest BCUT2D eigenvalue weighted by molar-refractivity contribution is -0.0718. The van der Waals surface area contributed by atoms with E-state index in [0.717, 1.165) is 18.9 Å². The SMILES string of the molecule is CC(C)C1=NOC2(CCCN(CC3CCCCC3)C2)C1. The van der Waals surface area contributed by atoms with Crippen molar-refractivity contribution in [1.29, 1.82) is 0 Å². The Morgan fingerprint density at radius 2 is 2.05 bits per heavy atom. The molecule has 0 amide bonds. The van der Waals surface area contributed by atoms with Gasteiger partial charge in [-0.2, -0.15) is 0 Å². The van der Waals surface area contributed by atoms with Gasteiger partial charge in [0.05, 0.1) is 5.71 Å². The van der Waals surface area contributed by atoms with E-state index in [-0.39, 0.29) is 5.60 Å². The number of hydrogen-bond acceptors (Lipinski definition) is 3. The molecule has 1 unspecified atom stereocenters. The molecule has 0 aromatic rings. The van der Waals surface area contributed by atoms with E-state index in [1.807, 2.05) is 0 Å². The van der Waals surface area contributed by atoms with Gasteiger partial charge in [0.1, 0.15) is 0 Å². The second-order valence-corrected chi connectivity index (χ2v) is 7.53. The average molecular weight is 278 g/mol. The van der Waals surface area contributed by atoms with Crippen LogP contribution in [0.3, 0.4) is 0 Å². The van der Waals surface area contributed by atoms with Crippen LogP contribution in [0.4, 0.5) is 0 Å². The summed E-state index contributed by atoms with van der Waals surface area (Å²) in [6, 6.07) is 0. The molecule has 0 radical (unpaired) electrons. The first-order chi connectivity index (χ1) is 9.67. The lowest BCUT2D eigenvalue weighted by atomic mass is 9.84. The second kappa shape index (κ2) is 6.05. The zero-order valence-electron chi connectivity index (χ0n) is 13.2. The van der Waals surface area contributed by atoms with Crippen LogP contribution in [-0.4, -0.2) is 35.8 Å². The fourth-order valence-electron chi connectivity index (χ4n) is 4.16. The zero-order valence-corrected chi connectivity index (χ0v) is 13.2. The predicted octanol–water partition coefficient (Wildman–Crippen LogP) is 3.83. The Morgan fingerprint density at radius 1 is 1.25 bits per heavy atom. The molecule has 2 heterocycles. The van der Waals surface area contributed by atoms with E-state index in [1.165, 1.54) is 63.7 Å². The van der Waals surface area contributed by atoms with E-state index in [1.54, 1.807) is 0 Å². The van der Waals surface area contributed by atoms with Crippen molar-refractivity contribution < 1.29 is 4.84 Å². The highest BCUT2D eigenvalue weighted by Gasteiger charge is 2.43. The van der Waals surface area contributed by atoms with Gasteiger partial charge in [-0.05, 0) is 44.1 Å². The van der Waals surface area contributed by atoms with Crippen molar-refractivity contribution in [1.82, 2.24) is 4.90 Å². The summed E-state index contributed by atoms with van der Waals surface area (Å²) in [5, 5.41) is 4.38. The molecule has 20 heavy (non-hydrogen) atoms. The molecule has 2 aliphatic heterocycles. The molecule has 1 spiro atoms. The molecule has 1 aliphatic carbocycles. The topological polar surface area (TPSA) is 24.8 Å². The molecule has 3 nitrogen and oxygen atoms in total. The van der Waals surface area contributed by atoms with Crippen LogP contribution in [0.25, 0.3) is 0 Å². The highest BCUT2D eigenvalue weighted by Crippen LogP contribution is 2.36. The minimum absolute atomic E-state index is 0.0204. The van der Waals surface area contributed by atoms with Crippen molar-refractivity contribution in [2.24, 2.45) is 17.0 Å². The van der Waals surface area contributed by atoms with Gasteiger partial charge >= 0.3 is 0 Å². The summed E-state index contributed by atoms with van der Waals surface area (Å²) in [4.78, 5) is 8.59. The van der Waals surface area contributed by atoms with Crippen LogP contribution in [0.15, 0.2) is 5.16 Å². The standard InChI is InChI=1S/C17H30N2O/c1-14(2)16-11-17(20-18-16)9-6-10-19(13-17)12-15-7-4-3-5-8-15/h14-15H,3-13H2,1-2H3. The Kier molecular flexibility index (Phi) is 4.34. The second-order valence-electron chi connectivity index (χ2n) is 7.53. The lowest BCUT2D eigenvalue weighted by Gasteiger charge is -2.40. The van der Waals surface area contributed by atoms with E-state index in [0.29, 0.717) is 5.92 Å². The Bertz CT molecular complexity index is 360. The third-order valence-corrected chi connectivity index (χ3v) is 5.39. The van der Waals surface area contributed by atoms with Gasteiger partial charge in [0.25, 0.3) is 0 Å². The number of piperidine rings is 1. The van der Waals surface area contributed by atoms with Crippen LogP contribution in [-0.2, 0) is 4.84 Å².